The van der Waals surface area contributed by atoms with Crippen molar-refractivity contribution < 1.29 is 9.53 Å². The maximum atomic E-state index is 12.6. The number of methoxy groups -OCH3 is 1. The van der Waals surface area contributed by atoms with Gasteiger partial charge < -0.3 is 9.64 Å². The Bertz CT molecular complexity index is 1060. The van der Waals surface area contributed by atoms with Gasteiger partial charge in [0, 0.05) is 48.9 Å². The van der Waals surface area contributed by atoms with Crippen LogP contribution in [0.3, 0.4) is 0 Å². The first kappa shape index (κ1) is 20.4. The van der Waals surface area contributed by atoms with Gasteiger partial charge in [-0.15, -0.1) is 11.3 Å². The van der Waals surface area contributed by atoms with Gasteiger partial charge in [-0.25, -0.2) is 9.78 Å². The fourth-order valence-electron chi connectivity index (χ4n) is 3.82. The molecule has 1 aliphatic heterocycles. The number of ether oxygens (including phenoxy) is 1. The number of aromatic nitrogens is 3. The van der Waals surface area contributed by atoms with Crippen LogP contribution in [-0.2, 0) is 17.9 Å². The third-order valence-electron chi connectivity index (χ3n) is 5.69. The predicted molar refractivity (Wildman–Crippen MR) is 117 cm³/mol. The second kappa shape index (κ2) is 8.87. The van der Waals surface area contributed by atoms with E-state index in [2.05, 4.69) is 5.38 Å². The lowest BCUT2D eigenvalue weighted by atomic mass is 9.94. The molecule has 0 atom stereocenters. The Kier molecular flexibility index (Phi) is 6.03. The highest BCUT2D eigenvalue weighted by molar-refractivity contribution is 7.13. The van der Waals surface area contributed by atoms with E-state index in [1.54, 1.807) is 35.4 Å². The fourth-order valence-corrected chi connectivity index (χ4v) is 4.73. The van der Waals surface area contributed by atoms with E-state index in [1.807, 2.05) is 36.1 Å². The number of hydrogen-bond acceptors (Lipinski definition) is 5. The maximum Gasteiger partial charge on any atom is 0.328 e. The molecule has 30 heavy (non-hydrogen) atoms. The number of carbonyl (C=O) groups is 1. The molecule has 3 aromatic rings. The number of piperidine rings is 1. The maximum absolute atomic E-state index is 12.6. The summed E-state index contributed by atoms with van der Waals surface area (Å²) in [6.45, 7) is 4.02. The number of aryl methyl sites for hydroxylation is 1. The third-order valence-corrected chi connectivity index (χ3v) is 6.60. The summed E-state index contributed by atoms with van der Waals surface area (Å²) in [5.41, 5.74) is 2.06. The Morgan fingerprint density at radius 3 is 2.50 bits per heavy atom. The first-order valence-corrected chi connectivity index (χ1v) is 11.1. The molecule has 1 fully saturated rings. The van der Waals surface area contributed by atoms with E-state index in [9.17, 15) is 9.59 Å². The highest BCUT2D eigenvalue weighted by Crippen LogP contribution is 2.33. The van der Waals surface area contributed by atoms with E-state index < -0.39 is 0 Å². The Morgan fingerprint density at radius 1 is 1.17 bits per heavy atom. The van der Waals surface area contributed by atoms with Crippen LogP contribution in [0.1, 0.15) is 31.4 Å². The molecule has 7 nitrogen and oxygen atoms in total. The average Bonchev–Trinajstić information content (AvgIpc) is 3.41. The lowest BCUT2D eigenvalue weighted by Gasteiger charge is -2.31. The minimum absolute atomic E-state index is 0.00148. The Labute approximate surface area is 179 Å². The Morgan fingerprint density at radius 2 is 1.87 bits per heavy atom. The number of nitrogens with zero attached hydrogens (tertiary/aromatic N) is 4. The number of benzene rings is 1. The minimum Gasteiger partial charge on any atom is -0.497 e. The summed E-state index contributed by atoms with van der Waals surface area (Å²) >= 11 is 1.65. The number of rotatable bonds is 6. The van der Waals surface area contributed by atoms with Crippen molar-refractivity contribution >= 4 is 17.2 Å². The third kappa shape index (κ3) is 4.18. The standard InChI is InChI=1S/C22H26N4O3S/c1-3-24-12-13-26(22(24)28)14-20(27)25-10-8-16(9-11-25)19-15-30-21(23-19)17-4-6-18(29-2)7-5-17/h4-7,12-13,15-16H,3,8-11,14H2,1-2H3. The highest BCUT2D eigenvalue weighted by Gasteiger charge is 2.26. The smallest absolute Gasteiger partial charge is 0.328 e. The molecule has 1 saturated heterocycles. The lowest BCUT2D eigenvalue weighted by molar-refractivity contribution is -0.132. The lowest BCUT2D eigenvalue weighted by Crippen LogP contribution is -2.41. The van der Waals surface area contributed by atoms with Crippen LogP contribution in [-0.4, -0.2) is 45.1 Å². The van der Waals surface area contributed by atoms with Crippen molar-refractivity contribution in [2.75, 3.05) is 20.2 Å². The van der Waals surface area contributed by atoms with E-state index in [1.165, 1.54) is 4.57 Å². The summed E-state index contributed by atoms with van der Waals surface area (Å²) in [4.78, 5) is 31.5. The molecule has 1 amide bonds. The summed E-state index contributed by atoms with van der Waals surface area (Å²) in [6.07, 6.45) is 5.20. The Hall–Kier alpha value is -2.87. The van der Waals surface area contributed by atoms with Crippen molar-refractivity contribution in [3.8, 4) is 16.3 Å². The highest BCUT2D eigenvalue weighted by atomic mass is 32.1. The van der Waals surface area contributed by atoms with Crippen LogP contribution in [0.4, 0.5) is 0 Å². The topological polar surface area (TPSA) is 69.4 Å². The van der Waals surface area contributed by atoms with Crippen LogP contribution in [0.5, 0.6) is 5.75 Å². The molecule has 8 heteroatoms. The quantitative estimate of drug-likeness (QED) is 0.607. The van der Waals surface area contributed by atoms with Gasteiger partial charge in [0.2, 0.25) is 5.91 Å². The molecular formula is C22H26N4O3S. The van der Waals surface area contributed by atoms with E-state index in [-0.39, 0.29) is 18.1 Å². The molecule has 0 bridgehead atoms. The number of hydrogen-bond donors (Lipinski definition) is 0. The van der Waals surface area contributed by atoms with Gasteiger partial charge in [-0.2, -0.15) is 0 Å². The molecular weight excluding hydrogens is 400 g/mol. The molecule has 158 valence electrons. The molecule has 1 aromatic carbocycles. The first-order valence-electron chi connectivity index (χ1n) is 10.2. The van der Waals surface area contributed by atoms with Crippen molar-refractivity contribution in [2.24, 2.45) is 0 Å². The molecule has 0 spiro atoms. The molecule has 3 heterocycles. The van der Waals surface area contributed by atoms with Crippen LogP contribution in [0.2, 0.25) is 0 Å². The normalized spacial score (nSPS) is 14.8. The first-order chi connectivity index (χ1) is 14.6. The van der Waals surface area contributed by atoms with Crippen molar-refractivity contribution in [2.45, 2.75) is 38.8 Å². The van der Waals surface area contributed by atoms with Crippen LogP contribution < -0.4 is 10.4 Å². The zero-order valence-corrected chi connectivity index (χ0v) is 18.1. The molecule has 0 radical (unpaired) electrons. The predicted octanol–water partition coefficient (Wildman–Crippen LogP) is 3.21. The molecule has 0 N–H and O–H groups in total. The van der Waals surface area contributed by atoms with Crippen LogP contribution in [0.15, 0.2) is 46.8 Å². The summed E-state index contributed by atoms with van der Waals surface area (Å²) in [5, 5.41) is 3.14. The van der Waals surface area contributed by atoms with E-state index in [4.69, 9.17) is 9.72 Å². The average molecular weight is 427 g/mol. The van der Waals surface area contributed by atoms with Gasteiger partial charge >= 0.3 is 5.69 Å². The summed E-state index contributed by atoms with van der Waals surface area (Å²) in [7, 11) is 1.66. The van der Waals surface area contributed by atoms with Gasteiger partial charge in [0.25, 0.3) is 0 Å². The van der Waals surface area contributed by atoms with Crippen LogP contribution in [0.25, 0.3) is 10.6 Å². The van der Waals surface area contributed by atoms with Crippen molar-refractivity contribution in [1.82, 2.24) is 19.0 Å². The zero-order chi connectivity index (χ0) is 21.1. The summed E-state index contributed by atoms with van der Waals surface area (Å²) < 4.78 is 8.30. The molecule has 1 aliphatic rings. The van der Waals surface area contributed by atoms with Crippen LogP contribution in [0, 0.1) is 0 Å². The molecule has 0 saturated carbocycles. The molecule has 0 unspecified atom stereocenters. The second-order valence-corrected chi connectivity index (χ2v) is 8.31. The molecule has 4 rings (SSSR count). The van der Waals surface area contributed by atoms with E-state index in [0.29, 0.717) is 25.6 Å². The summed E-state index contributed by atoms with van der Waals surface area (Å²) in [5.74, 6) is 1.20. The largest absolute Gasteiger partial charge is 0.497 e. The molecule has 2 aromatic heterocycles. The Balaban J connectivity index is 1.35. The van der Waals surface area contributed by atoms with Crippen molar-refractivity contribution in [1.29, 1.82) is 0 Å². The van der Waals surface area contributed by atoms with Gasteiger partial charge in [0.1, 0.15) is 17.3 Å². The van der Waals surface area contributed by atoms with E-state index >= 15 is 0 Å². The zero-order valence-electron chi connectivity index (χ0n) is 17.3. The number of likely N-dealkylation sites (tertiary alicyclic amines) is 1. The van der Waals surface area contributed by atoms with Crippen LogP contribution >= 0.6 is 11.3 Å². The fraction of sp³-hybridized carbons (Fsp3) is 0.409. The summed E-state index contributed by atoms with van der Waals surface area (Å²) in [6, 6.07) is 7.94. The SMILES string of the molecule is CCn1ccn(CC(=O)N2CCC(c3csc(-c4ccc(OC)cc4)n3)CC2)c1=O. The van der Waals surface area contributed by atoms with E-state index in [0.717, 1.165) is 34.9 Å². The van der Waals surface area contributed by atoms with Gasteiger partial charge in [0.05, 0.1) is 12.8 Å². The minimum atomic E-state index is -0.130. The van der Waals surface area contributed by atoms with Crippen molar-refractivity contribution in [3.05, 3.63) is 58.2 Å². The number of imidazole rings is 1. The van der Waals surface area contributed by atoms with Gasteiger partial charge in [-0.05, 0) is 44.0 Å². The monoisotopic (exact) mass is 426 g/mol. The van der Waals surface area contributed by atoms with Crippen molar-refractivity contribution in [3.63, 3.8) is 0 Å². The number of thiazole rings is 1. The molecule has 0 aliphatic carbocycles. The van der Waals surface area contributed by atoms with Gasteiger partial charge in [0.15, 0.2) is 0 Å². The number of amides is 1. The van der Waals surface area contributed by atoms with Gasteiger partial charge in [-0.3, -0.25) is 13.9 Å². The number of carbonyl (C=O) groups excluding carboxylic acids is 1. The second-order valence-electron chi connectivity index (χ2n) is 7.46. The van der Waals surface area contributed by atoms with Gasteiger partial charge in [-0.1, -0.05) is 0 Å².